The van der Waals surface area contributed by atoms with Crippen LogP contribution in [0.1, 0.15) is 24.0 Å². The molecule has 0 saturated carbocycles. The summed E-state index contributed by atoms with van der Waals surface area (Å²) in [5.74, 6) is -0.181. The molecule has 3 nitrogen and oxygen atoms in total. The highest BCUT2D eigenvalue weighted by molar-refractivity contribution is 5.28. The van der Waals surface area contributed by atoms with Crippen LogP contribution in [0.2, 0.25) is 0 Å². The summed E-state index contributed by atoms with van der Waals surface area (Å²) in [5.41, 5.74) is 1.95. The second-order valence-electron chi connectivity index (χ2n) is 5.50. The van der Waals surface area contributed by atoms with Crippen LogP contribution in [-0.2, 0) is 15.9 Å². The third-order valence-corrected chi connectivity index (χ3v) is 4.46. The summed E-state index contributed by atoms with van der Waals surface area (Å²) in [4.78, 5) is 0. The van der Waals surface area contributed by atoms with Crippen molar-refractivity contribution < 1.29 is 13.9 Å². The van der Waals surface area contributed by atoms with E-state index in [1.54, 1.807) is 13.2 Å². The highest BCUT2D eigenvalue weighted by atomic mass is 19.1. The van der Waals surface area contributed by atoms with Gasteiger partial charge in [-0.15, -0.1) is 0 Å². The summed E-state index contributed by atoms with van der Waals surface area (Å²) < 4.78 is 24.5. The zero-order valence-electron chi connectivity index (χ0n) is 12.5. The highest BCUT2D eigenvalue weighted by Crippen LogP contribution is 2.30. The molecule has 0 radical (unpaired) electrons. The Bertz CT molecular complexity index is 444. The monoisotopic (exact) mass is 281 g/mol. The fourth-order valence-electron chi connectivity index (χ4n) is 3.07. The van der Waals surface area contributed by atoms with Crippen LogP contribution in [0, 0.1) is 12.7 Å². The quantitative estimate of drug-likeness (QED) is 0.899. The van der Waals surface area contributed by atoms with Gasteiger partial charge in [0.05, 0.1) is 5.60 Å². The van der Waals surface area contributed by atoms with E-state index in [4.69, 9.17) is 9.47 Å². The molecule has 0 aromatic heterocycles. The fourth-order valence-corrected chi connectivity index (χ4v) is 3.07. The second kappa shape index (κ2) is 6.66. The molecule has 1 aliphatic heterocycles. The molecule has 20 heavy (non-hydrogen) atoms. The lowest BCUT2D eigenvalue weighted by molar-refractivity contribution is -0.109. The van der Waals surface area contributed by atoms with Crippen LogP contribution in [0.3, 0.4) is 0 Å². The number of halogens is 1. The lowest BCUT2D eigenvalue weighted by Gasteiger charge is -2.42. The first-order valence-corrected chi connectivity index (χ1v) is 7.16. The van der Waals surface area contributed by atoms with Crippen molar-refractivity contribution in [3.8, 4) is 0 Å². The molecule has 1 aliphatic rings. The molecule has 1 aromatic rings. The van der Waals surface area contributed by atoms with Crippen molar-refractivity contribution in [2.24, 2.45) is 0 Å². The van der Waals surface area contributed by atoms with Crippen LogP contribution in [0.15, 0.2) is 18.2 Å². The number of ether oxygens (including phenoxy) is 2. The smallest absolute Gasteiger partial charge is 0.123 e. The first-order valence-electron chi connectivity index (χ1n) is 7.16. The minimum atomic E-state index is -0.201. The lowest BCUT2D eigenvalue weighted by atomic mass is 9.82. The van der Waals surface area contributed by atoms with Gasteiger partial charge in [0.2, 0.25) is 0 Å². The fraction of sp³-hybridized carbons (Fsp3) is 0.625. The zero-order chi connectivity index (χ0) is 14.6. The molecule has 0 bridgehead atoms. The first-order chi connectivity index (χ1) is 9.61. The van der Waals surface area contributed by atoms with E-state index < -0.39 is 0 Å². The average molecular weight is 281 g/mol. The normalized spacial score (nSPS) is 19.8. The molecule has 1 aromatic carbocycles. The molecule has 1 saturated heterocycles. The molecule has 0 spiro atoms. The van der Waals surface area contributed by atoms with Gasteiger partial charge in [0.1, 0.15) is 5.82 Å². The third kappa shape index (κ3) is 3.19. The van der Waals surface area contributed by atoms with E-state index in [1.807, 2.05) is 20.0 Å². The maximum Gasteiger partial charge on any atom is 0.123 e. The number of hydrogen-bond acceptors (Lipinski definition) is 3. The van der Waals surface area contributed by atoms with Gasteiger partial charge in [-0.05, 0) is 43.7 Å². The van der Waals surface area contributed by atoms with Crippen molar-refractivity contribution in [3.63, 3.8) is 0 Å². The topological polar surface area (TPSA) is 30.5 Å². The van der Waals surface area contributed by atoms with Crippen molar-refractivity contribution in [3.05, 3.63) is 35.1 Å². The highest BCUT2D eigenvalue weighted by Gasteiger charge is 2.39. The number of likely N-dealkylation sites (N-methyl/N-ethyl adjacent to an activating group) is 1. The van der Waals surface area contributed by atoms with E-state index in [0.29, 0.717) is 0 Å². The molecule has 0 amide bonds. The molecule has 4 heteroatoms. The Labute approximate surface area is 120 Å². The Hall–Kier alpha value is -0.970. The van der Waals surface area contributed by atoms with E-state index in [-0.39, 0.29) is 17.5 Å². The number of nitrogens with one attached hydrogen (secondary N) is 1. The molecule has 1 unspecified atom stereocenters. The maximum atomic E-state index is 13.2. The summed E-state index contributed by atoms with van der Waals surface area (Å²) in [7, 11) is 3.73. The molecular formula is C16H24FNO2. The largest absolute Gasteiger partial charge is 0.381 e. The van der Waals surface area contributed by atoms with Gasteiger partial charge in [-0.3, -0.25) is 0 Å². The molecule has 2 rings (SSSR count). The molecule has 1 atom stereocenters. The van der Waals surface area contributed by atoms with Crippen LogP contribution < -0.4 is 5.32 Å². The standard InChI is InChI=1S/C16H24FNO2/c1-12-10-14(17)5-4-13(12)11-15(18-2)16(19-3)6-8-20-9-7-16/h4-5,10,15,18H,6-9,11H2,1-3H3. The number of benzene rings is 1. The van der Waals surface area contributed by atoms with Gasteiger partial charge in [-0.25, -0.2) is 4.39 Å². The van der Waals surface area contributed by atoms with Crippen LogP contribution >= 0.6 is 0 Å². The minimum absolute atomic E-state index is 0.181. The summed E-state index contributed by atoms with van der Waals surface area (Å²) in [6.07, 6.45) is 2.60. The summed E-state index contributed by atoms with van der Waals surface area (Å²) in [6.45, 7) is 3.41. The zero-order valence-corrected chi connectivity index (χ0v) is 12.5. The number of aryl methyl sites for hydroxylation is 1. The van der Waals surface area contributed by atoms with Crippen molar-refractivity contribution >= 4 is 0 Å². The number of rotatable bonds is 5. The number of methoxy groups -OCH3 is 1. The van der Waals surface area contributed by atoms with Gasteiger partial charge in [-0.1, -0.05) is 6.07 Å². The van der Waals surface area contributed by atoms with Crippen LogP contribution in [0.25, 0.3) is 0 Å². The Morgan fingerprint density at radius 2 is 2.10 bits per heavy atom. The molecule has 112 valence electrons. The van der Waals surface area contributed by atoms with Crippen molar-refractivity contribution in [2.45, 2.75) is 37.8 Å². The first kappa shape index (κ1) is 15.4. The molecular weight excluding hydrogens is 257 g/mol. The van der Waals surface area contributed by atoms with Crippen LogP contribution in [0.4, 0.5) is 4.39 Å². The minimum Gasteiger partial charge on any atom is -0.381 e. The van der Waals surface area contributed by atoms with Gasteiger partial charge in [-0.2, -0.15) is 0 Å². The molecule has 1 heterocycles. The van der Waals surface area contributed by atoms with Gasteiger partial charge in [0.25, 0.3) is 0 Å². The third-order valence-electron chi connectivity index (χ3n) is 4.46. The predicted octanol–water partition coefficient (Wildman–Crippen LogP) is 2.46. The van der Waals surface area contributed by atoms with Crippen molar-refractivity contribution in [1.29, 1.82) is 0 Å². The van der Waals surface area contributed by atoms with E-state index >= 15 is 0 Å². The SMILES string of the molecule is CNC(Cc1ccc(F)cc1C)C1(OC)CCOCC1. The Kier molecular flexibility index (Phi) is 5.13. The lowest BCUT2D eigenvalue weighted by Crippen LogP contribution is -2.55. The maximum absolute atomic E-state index is 13.2. The Morgan fingerprint density at radius 3 is 2.65 bits per heavy atom. The van der Waals surface area contributed by atoms with Gasteiger partial charge >= 0.3 is 0 Å². The molecule has 1 N–H and O–H groups in total. The summed E-state index contributed by atoms with van der Waals surface area (Å²) in [6, 6.07) is 5.18. The van der Waals surface area contributed by atoms with E-state index in [0.717, 1.165) is 43.6 Å². The second-order valence-corrected chi connectivity index (χ2v) is 5.50. The van der Waals surface area contributed by atoms with E-state index in [9.17, 15) is 4.39 Å². The predicted molar refractivity (Wildman–Crippen MR) is 77.5 cm³/mol. The van der Waals surface area contributed by atoms with Gasteiger partial charge in [0.15, 0.2) is 0 Å². The van der Waals surface area contributed by atoms with E-state index in [1.165, 1.54) is 6.07 Å². The molecule has 0 aliphatic carbocycles. The number of hydrogen-bond donors (Lipinski definition) is 1. The summed E-state index contributed by atoms with van der Waals surface area (Å²) >= 11 is 0. The van der Waals surface area contributed by atoms with Crippen LogP contribution in [-0.4, -0.2) is 39.0 Å². The Morgan fingerprint density at radius 1 is 1.40 bits per heavy atom. The summed E-state index contributed by atoms with van der Waals surface area (Å²) in [5, 5.41) is 3.38. The average Bonchev–Trinajstić information content (AvgIpc) is 2.47. The van der Waals surface area contributed by atoms with Crippen molar-refractivity contribution in [1.82, 2.24) is 5.32 Å². The Balaban J connectivity index is 2.18. The van der Waals surface area contributed by atoms with E-state index in [2.05, 4.69) is 5.32 Å². The van der Waals surface area contributed by atoms with Gasteiger partial charge < -0.3 is 14.8 Å². The van der Waals surface area contributed by atoms with Crippen molar-refractivity contribution in [2.75, 3.05) is 27.4 Å². The van der Waals surface area contributed by atoms with Gasteiger partial charge in [0, 0.05) is 39.2 Å². The molecule has 1 fully saturated rings. The van der Waals surface area contributed by atoms with Crippen LogP contribution in [0.5, 0.6) is 0 Å².